The average Bonchev–Trinajstić information content (AvgIpc) is 3.04. The summed E-state index contributed by atoms with van der Waals surface area (Å²) in [6, 6.07) is 14.5. The van der Waals surface area contributed by atoms with Crippen LogP contribution in [0.5, 0.6) is 0 Å². The quantitative estimate of drug-likeness (QED) is 0.374. The van der Waals surface area contributed by atoms with E-state index in [0.29, 0.717) is 5.56 Å². The van der Waals surface area contributed by atoms with Gasteiger partial charge in [-0.05, 0) is 53.2 Å². The van der Waals surface area contributed by atoms with Crippen molar-refractivity contribution in [1.29, 1.82) is 0 Å². The molecule has 0 saturated carbocycles. The van der Waals surface area contributed by atoms with Gasteiger partial charge in [0, 0.05) is 10.9 Å². The second-order valence-electron chi connectivity index (χ2n) is 9.72. The second-order valence-corrected chi connectivity index (χ2v) is 11.6. The number of carbonyl (C=O) groups excluding carboxylic acids is 1. The Morgan fingerprint density at radius 1 is 0.912 bits per heavy atom. The van der Waals surface area contributed by atoms with Crippen LogP contribution in [-0.4, -0.2) is 37.1 Å². The predicted octanol–water partition coefficient (Wildman–Crippen LogP) is 6.91. The van der Waals surface area contributed by atoms with Gasteiger partial charge in [0.05, 0.1) is 16.0 Å². The molecule has 0 bridgehead atoms. The summed E-state index contributed by atoms with van der Waals surface area (Å²) < 4.78 is 65.5. The van der Waals surface area contributed by atoms with Crippen molar-refractivity contribution in [3.05, 3.63) is 60.2 Å². The van der Waals surface area contributed by atoms with Gasteiger partial charge in [0.25, 0.3) is 0 Å². The van der Waals surface area contributed by atoms with Crippen LogP contribution in [0.3, 0.4) is 0 Å². The molecule has 0 aliphatic heterocycles. The minimum Gasteiger partial charge on any atom is -0.443 e. The third-order valence-electron chi connectivity index (χ3n) is 4.70. The number of aromatic nitrogens is 1. The lowest BCUT2D eigenvalue weighted by Gasteiger charge is -2.21. The molecule has 182 valence electrons. The third kappa shape index (κ3) is 5.41. The Labute approximate surface area is 199 Å². The highest BCUT2D eigenvalue weighted by molar-refractivity contribution is 7.85. The van der Waals surface area contributed by atoms with E-state index >= 15 is 0 Å². The summed E-state index contributed by atoms with van der Waals surface area (Å²) in [4.78, 5) is 13.3. The van der Waals surface area contributed by atoms with Gasteiger partial charge in [-0.2, -0.15) is 17.6 Å². The molecule has 0 radical (unpaired) electrons. The lowest BCUT2D eigenvalue weighted by atomic mass is 10.0. The summed E-state index contributed by atoms with van der Waals surface area (Å²) in [7, 11) is -2.20. The molecule has 1 heterocycles. The van der Waals surface area contributed by atoms with E-state index < -0.39 is 39.3 Å². The van der Waals surface area contributed by atoms with Gasteiger partial charge < -0.3 is 4.74 Å². The van der Waals surface area contributed by atoms with E-state index in [4.69, 9.17) is 4.74 Å². The zero-order valence-corrected chi connectivity index (χ0v) is 20.7. The largest absolute Gasteiger partial charge is 0.443 e. The molecule has 9 heteroatoms. The average molecular weight is 493 g/mol. The topological polar surface area (TPSA) is 60.7 Å². The number of nitrogens with zero attached hydrogens (tertiary/aromatic N) is 2. The molecular weight excluding hydrogens is 465 g/mol. The van der Waals surface area contributed by atoms with Crippen LogP contribution in [0.4, 0.5) is 18.0 Å². The highest BCUT2D eigenvalue weighted by Gasteiger charge is 2.43. The van der Waals surface area contributed by atoms with Gasteiger partial charge in [0.1, 0.15) is 16.6 Å². The minimum absolute atomic E-state index is 0.0296. The number of alkyl halides is 3. The minimum atomic E-state index is -4.94. The number of hydrogen-bond donors (Lipinski definition) is 0. The standard InChI is InChI=1S/C25H27F3N2O3S/c1-23(2,3)33-22(31)30-18-15-11-10-14-17(18)19(20(30)16-12-8-7-9-13-16)21(25(26,27)28)29-34(32)24(4,5)6/h7-15H,1-6H3/b29-21-/t34-/m1/s1. The fourth-order valence-electron chi connectivity index (χ4n) is 3.31. The van der Waals surface area contributed by atoms with E-state index in [0.717, 1.165) is 4.57 Å². The number of halogens is 3. The van der Waals surface area contributed by atoms with E-state index in [1.54, 1.807) is 90.1 Å². The van der Waals surface area contributed by atoms with Gasteiger partial charge in [-0.1, -0.05) is 48.5 Å². The smallest absolute Gasteiger partial charge is 0.434 e. The monoisotopic (exact) mass is 492 g/mol. The molecule has 0 aliphatic rings. The maximum absolute atomic E-state index is 14.5. The number of rotatable bonds is 3. The molecule has 0 aliphatic carbocycles. The van der Waals surface area contributed by atoms with Crippen molar-refractivity contribution < 1.29 is 26.9 Å². The maximum Gasteiger partial charge on any atom is 0.434 e. The third-order valence-corrected chi connectivity index (χ3v) is 6.10. The first-order chi connectivity index (χ1) is 15.6. The summed E-state index contributed by atoms with van der Waals surface area (Å²) in [5.74, 6) is 0. The number of hydrogen-bond acceptors (Lipinski definition) is 3. The summed E-state index contributed by atoms with van der Waals surface area (Å²) in [5.41, 5.74) is -1.96. The summed E-state index contributed by atoms with van der Waals surface area (Å²) >= 11 is 0. The number of benzene rings is 2. The number of ether oxygens (including phenoxy) is 1. The van der Waals surface area contributed by atoms with Crippen LogP contribution in [0.2, 0.25) is 0 Å². The molecule has 0 spiro atoms. The number of para-hydroxylation sites is 1. The predicted molar refractivity (Wildman–Crippen MR) is 129 cm³/mol. The van der Waals surface area contributed by atoms with Crippen molar-refractivity contribution in [2.24, 2.45) is 4.40 Å². The Kier molecular flexibility index (Phi) is 6.81. The first-order valence-corrected chi connectivity index (χ1v) is 11.7. The molecule has 0 amide bonds. The number of fused-ring (bicyclic) bond motifs is 1. The molecule has 0 N–H and O–H groups in total. The summed E-state index contributed by atoms with van der Waals surface area (Å²) in [5, 5.41) is 0.147. The van der Waals surface area contributed by atoms with Gasteiger partial charge in [-0.3, -0.25) is 0 Å². The van der Waals surface area contributed by atoms with Crippen LogP contribution in [0, 0.1) is 0 Å². The van der Waals surface area contributed by atoms with Crippen LogP contribution in [0.15, 0.2) is 59.0 Å². The van der Waals surface area contributed by atoms with Crippen molar-refractivity contribution in [3.8, 4) is 11.3 Å². The van der Waals surface area contributed by atoms with Crippen molar-refractivity contribution >= 4 is 33.7 Å². The SMILES string of the molecule is CC(C)(C)OC(=O)n1c(-c2ccccc2)c(/C(=N/[S@](=O)C(C)(C)C)C(F)(F)F)c2ccccc21. The zero-order valence-electron chi connectivity index (χ0n) is 19.9. The molecule has 2 aromatic carbocycles. The normalized spacial score (nSPS) is 14.3. The van der Waals surface area contributed by atoms with Gasteiger partial charge in [-0.15, -0.1) is 0 Å². The molecule has 0 saturated heterocycles. The molecule has 0 unspecified atom stereocenters. The maximum atomic E-state index is 14.5. The Morgan fingerprint density at radius 3 is 2.00 bits per heavy atom. The van der Waals surface area contributed by atoms with Crippen LogP contribution < -0.4 is 0 Å². The Balaban J connectivity index is 2.50. The van der Waals surface area contributed by atoms with E-state index in [2.05, 4.69) is 4.40 Å². The second kappa shape index (κ2) is 9.02. The highest BCUT2D eigenvalue weighted by Crippen LogP contribution is 2.39. The van der Waals surface area contributed by atoms with E-state index in [1.165, 1.54) is 6.07 Å². The Bertz CT molecular complexity index is 1260. The van der Waals surface area contributed by atoms with Gasteiger partial charge in [0.2, 0.25) is 0 Å². The lowest BCUT2D eigenvalue weighted by molar-refractivity contribution is -0.0577. The Hall–Kier alpha value is -2.94. The zero-order chi connectivity index (χ0) is 25.5. The molecule has 3 aromatic rings. The van der Waals surface area contributed by atoms with Crippen molar-refractivity contribution in [2.45, 2.75) is 58.1 Å². The molecular formula is C25H27F3N2O3S. The molecule has 0 fully saturated rings. The van der Waals surface area contributed by atoms with E-state index in [-0.39, 0.29) is 22.2 Å². The first kappa shape index (κ1) is 25.7. The molecule has 1 aromatic heterocycles. The van der Waals surface area contributed by atoms with Crippen molar-refractivity contribution in [3.63, 3.8) is 0 Å². The fraction of sp³-hybridized carbons (Fsp3) is 0.360. The van der Waals surface area contributed by atoms with E-state index in [1.807, 2.05) is 0 Å². The van der Waals surface area contributed by atoms with Crippen LogP contribution in [0.25, 0.3) is 22.2 Å². The number of carbonyl (C=O) groups is 1. The van der Waals surface area contributed by atoms with Gasteiger partial charge in [0.15, 0.2) is 5.71 Å². The molecule has 3 rings (SSSR count). The van der Waals surface area contributed by atoms with Gasteiger partial charge in [-0.25, -0.2) is 13.6 Å². The molecule has 34 heavy (non-hydrogen) atoms. The first-order valence-electron chi connectivity index (χ1n) is 10.6. The summed E-state index contributed by atoms with van der Waals surface area (Å²) in [6.07, 6.45) is -5.76. The molecule has 5 nitrogen and oxygen atoms in total. The van der Waals surface area contributed by atoms with Crippen LogP contribution in [-0.2, 0) is 15.7 Å². The van der Waals surface area contributed by atoms with Crippen molar-refractivity contribution in [2.75, 3.05) is 0 Å². The van der Waals surface area contributed by atoms with Crippen molar-refractivity contribution in [1.82, 2.24) is 4.57 Å². The fourth-order valence-corrected chi connectivity index (χ4v) is 3.94. The van der Waals surface area contributed by atoms with Crippen LogP contribution >= 0.6 is 0 Å². The van der Waals surface area contributed by atoms with E-state index in [9.17, 15) is 22.2 Å². The molecule has 1 atom stereocenters. The lowest BCUT2D eigenvalue weighted by Crippen LogP contribution is -2.30. The highest BCUT2D eigenvalue weighted by atomic mass is 32.2. The van der Waals surface area contributed by atoms with Crippen LogP contribution in [0.1, 0.15) is 47.1 Å². The Morgan fingerprint density at radius 2 is 1.47 bits per heavy atom. The summed E-state index contributed by atoms with van der Waals surface area (Å²) in [6.45, 7) is 9.66. The van der Waals surface area contributed by atoms with Gasteiger partial charge >= 0.3 is 12.3 Å².